The van der Waals surface area contributed by atoms with E-state index in [-0.39, 0.29) is 11.5 Å². The van der Waals surface area contributed by atoms with Gasteiger partial charge in [0.1, 0.15) is 5.75 Å². The molecule has 24 heavy (non-hydrogen) atoms. The van der Waals surface area contributed by atoms with Crippen LogP contribution < -0.4 is 10.1 Å². The van der Waals surface area contributed by atoms with Crippen LogP contribution in [0.2, 0.25) is 0 Å². The van der Waals surface area contributed by atoms with Crippen molar-refractivity contribution in [3.05, 3.63) is 64.7 Å². The van der Waals surface area contributed by atoms with Gasteiger partial charge in [-0.15, -0.1) is 0 Å². The minimum Gasteiger partial charge on any atom is -0.497 e. The van der Waals surface area contributed by atoms with E-state index in [0.717, 1.165) is 22.4 Å². The Hall–Kier alpha value is -3.08. The van der Waals surface area contributed by atoms with E-state index in [9.17, 15) is 9.59 Å². The summed E-state index contributed by atoms with van der Waals surface area (Å²) in [6.07, 6.45) is 3.16. The summed E-state index contributed by atoms with van der Waals surface area (Å²) >= 11 is 0. The number of carboxylic acids is 1. The van der Waals surface area contributed by atoms with Crippen molar-refractivity contribution in [3.63, 3.8) is 0 Å². The van der Waals surface area contributed by atoms with Crippen LogP contribution in [0.25, 0.3) is 6.08 Å². The third-order valence-corrected chi connectivity index (χ3v) is 3.58. The number of aryl methyl sites for hydroxylation is 2. The van der Waals surface area contributed by atoms with Gasteiger partial charge < -0.3 is 15.2 Å². The highest BCUT2D eigenvalue weighted by Crippen LogP contribution is 2.22. The monoisotopic (exact) mass is 325 g/mol. The van der Waals surface area contributed by atoms with Crippen molar-refractivity contribution in [1.29, 1.82) is 0 Å². The summed E-state index contributed by atoms with van der Waals surface area (Å²) in [6.45, 7) is 3.90. The number of carbonyl (C=O) groups is 2. The fourth-order valence-electron chi connectivity index (χ4n) is 2.39. The summed E-state index contributed by atoms with van der Waals surface area (Å²) < 4.78 is 5.21. The normalized spacial score (nSPS) is 10.6. The number of amides is 1. The highest BCUT2D eigenvalue weighted by molar-refractivity contribution is 6.02. The Morgan fingerprint density at radius 3 is 2.38 bits per heavy atom. The minimum absolute atomic E-state index is 0.124. The first-order chi connectivity index (χ1) is 11.4. The van der Waals surface area contributed by atoms with Crippen molar-refractivity contribution in [1.82, 2.24) is 0 Å². The second-order valence-corrected chi connectivity index (χ2v) is 5.38. The third-order valence-electron chi connectivity index (χ3n) is 3.58. The van der Waals surface area contributed by atoms with Crippen molar-refractivity contribution in [2.75, 3.05) is 12.4 Å². The Balaban J connectivity index is 2.14. The lowest BCUT2D eigenvalue weighted by atomic mass is 10.0. The van der Waals surface area contributed by atoms with Gasteiger partial charge in [-0.25, -0.2) is 4.79 Å². The lowest BCUT2D eigenvalue weighted by molar-refractivity contribution is -0.111. The molecule has 5 nitrogen and oxygen atoms in total. The number of carboxylic acid groups (broad SMARTS) is 1. The lowest BCUT2D eigenvalue weighted by Crippen LogP contribution is -2.08. The summed E-state index contributed by atoms with van der Waals surface area (Å²) in [7, 11) is 1.61. The van der Waals surface area contributed by atoms with Gasteiger partial charge in [-0.2, -0.15) is 0 Å². The zero-order chi connectivity index (χ0) is 17.7. The van der Waals surface area contributed by atoms with Gasteiger partial charge in [0.15, 0.2) is 0 Å². The zero-order valence-electron chi connectivity index (χ0n) is 13.8. The van der Waals surface area contributed by atoms with E-state index in [1.54, 1.807) is 25.3 Å². The average molecular weight is 325 g/mol. The van der Waals surface area contributed by atoms with Crippen molar-refractivity contribution < 1.29 is 19.4 Å². The van der Waals surface area contributed by atoms with Crippen molar-refractivity contribution in [2.24, 2.45) is 0 Å². The van der Waals surface area contributed by atoms with E-state index in [1.807, 2.05) is 26.0 Å². The number of methoxy groups -OCH3 is 1. The number of aromatic carboxylic acids is 1. The molecule has 0 aromatic heterocycles. The van der Waals surface area contributed by atoms with Crippen LogP contribution in [0.15, 0.2) is 42.5 Å². The number of carbonyl (C=O) groups excluding carboxylic acids is 1. The molecule has 0 fully saturated rings. The molecule has 0 spiro atoms. The number of hydrogen-bond acceptors (Lipinski definition) is 3. The number of rotatable bonds is 5. The van der Waals surface area contributed by atoms with E-state index < -0.39 is 5.97 Å². The third kappa shape index (κ3) is 4.23. The van der Waals surface area contributed by atoms with Crippen LogP contribution in [-0.2, 0) is 4.79 Å². The first-order valence-electron chi connectivity index (χ1n) is 7.38. The standard InChI is InChI=1S/C19H19NO4/c1-12-9-16(24-3)10-13(2)17(12)7-8-18(21)20-15-6-4-5-14(11-15)19(22)23/h4-11H,1-3H3,(H,20,21)(H,22,23)/b8-7+. The molecular weight excluding hydrogens is 306 g/mol. The van der Waals surface area contributed by atoms with E-state index >= 15 is 0 Å². The zero-order valence-corrected chi connectivity index (χ0v) is 13.8. The molecule has 0 aliphatic rings. The van der Waals surface area contributed by atoms with Crippen LogP contribution in [0.1, 0.15) is 27.0 Å². The first kappa shape index (κ1) is 17.3. The predicted octanol–water partition coefficient (Wildman–Crippen LogP) is 3.66. The molecule has 0 bridgehead atoms. The molecule has 0 radical (unpaired) electrons. The maximum Gasteiger partial charge on any atom is 0.335 e. The van der Waals surface area contributed by atoms with Crippen LogP contribution in [-0.4, -0.2) is 24.1 Å². The SMILES string of the molecule is COc1cc(C)c(/C=C/C(=O)Nc2cccc(C(=O)O)c2)c(C)c1. The van der Waals surface area contributed by atoms with Gasteiger partial charge in [0.25, 0.3) is 0 Å². The second-order valence-electron chi connectivity index (χ2n) is 5.38. The Kier molecular flexibility index (Phi) is 5.37. The molecular formula is C19H19NO4. The van der Waals surface area contributed by atoms with Crippen LogP contribution in [0.3, 0.4) is 0 Å². The lowest BCUT2D eigenvalue weighted by Gasteiger charge is -2.09. The second kappa shape index (κ2) is 7.46. The molecule has 0 aliphatic heterocycles. The predicted molar refractivity (Wildman–Crippen MR) is 93.5 cm³/mol. The van der Waals surface area contributed by atoms with Crippen LogP contribution in [0.4, 0.5) is 5.69 Å². The Morgan fingerprint density at radius 1 is 1.12 bits per heavy atom. The largest absolute Gasteiger partial charge is 0.497 e. The van der Waals surface area contributed by atoms with Gasteiger partial charge in [0.05, 0.1) is 12.7 Å². The van der Waals surface area contributed by atoms with Gasteiger partial charge >= 0.3 is 5.97 Å². The summed E-state index contributed by atoms with van der Waals surface area (Å²) in [5, 5.41) is 11.6. The highest BCUT2D eigenvalue weighted by Gasteiger charge is 2.06. The molecule has 0 unspecified atom stereocenters. The van der Waals surface area contributed by atoms with E-state index in [2.05, 4.69) is 5.32 Å². The molecule has 2 aromatic carbocycles. The number of benzene rings is 2. The van der Waals surface area contributed by atoms with Crippen LogP contribution in [0.5, 0.6) is 5.75 Å². The van der Waals surface area contributed by atoms with Gasteiger partial charge in [-0.3, -0.25) is 4.79 Å². The summed E-state index contributed by atoms with van der Waals surface area (Å²) in [5.74, 6) is -0.588. The summed E-state index contributed by atoms with van der Waals surface area (Å²) in [5.41, 5.74) is 3.52. The molecule has 0 heterocycles. The molecule has 2 rings (SSSR count). The quantitative estimate of drug-likeness (QED) is 0.823. The van der Waals surface area contributed by atoms with Crippen molar-refractivity contribution in [2.45, 2.75) is 13.8 Å². The smallest absolute Gasteiger partial charge is 0.335 e. The Morgan fingerprint density at radius 2 is 1.79 bits per heavy atom. The fourth-order valence-corrected chi connectivity index (χ4v) is 2.39. The maximum atomic E-state index is 12.0. The van der Waals surface area contributed by atoms with Gasteiger partial charge in [0.2, 0.25) is 5.91 Å². The van der Waals surface area contributed by atoms with Crippen LogP contribution >= 0.6 is 0 Å². The molecule has 0 atom stereocenters. The molecule has 1 amide bonds. The van der Waals surface area contributed by atoms with Crippen molar-refractivity contribution >= 4 is 23.6 Å². The number of ether oxygens (including phenoxy) is 1. The molecule has 124 valence electrons. The molecule has 5 heteroatoms. The molecule has 0 saturated heterocycles. The van der Waals surface area contributed by atoms with E-state index in [4.69, 9.17) is 9.84 Å². The number of anilines is 1. The van der Waals surface area contributed by atoms with Gasteiger partial charge in [-0.1, -0.05) is 6.07 Å². The Bertz CT molecular complexity index is 786. The molecule has 2 aromatic rings. The molecule has 0 aliphatic carbocycles. The topological polar surface area (TPSA) is 75.6 Å². The highest BCUT2D eigenvalue weighted by atomic mass is 16.5. The summed E-state index contributed by atoms with van der Waals surface area (Å²) in [6, 6.07) is 9.92. The average Bonchev–Trinajstić information content (AvgIpc) is 2.54. The maximum absolute atomic E-state index is 12.0. The van der Waals surface area contributed by atoms with Gasteiger partial charge in [-0.05, 0) is 66.9 Å². The molecule has 2 N–H and O–H groups in total. The molecule has 0 saturated carbocycles. The van der Waals surface area contributed by atoms with E-state index in [0.29, 0.717) is 5.69 Å². The van der Waals surface area contributed by atoms with Gasteiger partial charge in [0, 0.05) is 11.8 Å². The number of hydrogen-bond donors (Lipinski definition) is 2. The fraction of sp³-hybridized carbons (Fsp3) is 0.158. The Labute approximate surface area is 140 Å². The summed E-state index contributed by atoms with van der Waals surface area (Å²) in [4.78, 5) is 23.0. The first-order valence-corrected chi connectivity index (χ1v) is 7.38. The van der Waals surface area contributed by atoms with E-state index in [1.165, 1.54) is 18.2 Å². The number of nitrogens with one attached hydrogen (secondary N) is 1. The van der Waals surface area contributed by atoms with Crippen molar-refractivity contribution in [3.8, 4) is 5.75 Å². The minimum atomic E-state index is -1.04. The van der Waals surface area contributed by atoms with Crippen LogP contribution in [0, 0.1) is 13.8 Å².